The second-order valence-corrected chi connectivity index (χ2v) is 4.72. The number of urea groups is 1. The first-order valence-corrected chi connectivity index (χ1v) is 6.11. The molecule has 1 aromatic rings. The van der Waals surface area contributed by atoms with Gasteiger partial charge in [0.1, 0.15) is 0 Å². The van der Waals surface area contributed by atoms with Crippen molar-refractivity contribution in [2.24, 2.45) is 5.92 Å². The lowest BCUT2D eigenvalue weighted by molar-refractivity contribution is -0.137. The highest BCUT2D eigenvalue weighted by atomic mass is 19.4. The minimum atomic E-state index is -4.38. The van der Waals surface area contributed by atoms with E-state index in [1.165, 1.54) is 12.1 Å². The summed E-state index contributed by atoms with van der Waals surface area (Å²) in [5.74, 6) is 0.307. The van der Waals surface area contributed by atoms with Crippen molar-refractivity contribution in [3.05, 3.63) is 41.6 Å². The lowest BCUT2D eigenvalue weighted by atomic mass is 10.1. The molecular weight excluding hydrogens is 269 g/mol. The van der Waals surface area contributed by atoms with E-state index in [9.17, 15) is 18.0 Å². The van der Waals surface area contributed by atoms with Crippen molar-refractivity contribution < 1.29 is 18.0 Å². The summed E-state index contributed by atoms with van der Waals surface area (Å²) in [7, 11) is 0. The maximum atomic E-state index is 12.4. The fourth-order valence-corrected chi connectivity index (χ4v) is 1.26. The topological polar surface area (TPSA) is 41.1 Å². The van der Waals surface area contributed by atoms with Crippen LogP contribution in [0.25, 0.3) is 0 Å². The van der Waals surface area contributed by atoms with Crippen molar-refractivity contribution in [1.82, 2.24) is 5.32 Å². The molecular formula is C14H17F3N2O. The van der Waals surface area contributed by atoms with E-state index in [-0.39, 0.29) is 0 Å². The molecule has 0 saturated carbocycles. The van der Waals surface area contributed by atoms with Gasteiger partial charge in [0.15, 0.2) is 0 Å². The molecule has 0 saturated heterocycles. The van der Waals surface area contributed by atoms with Crippen LogP contribution in [0.2, 0.25) is 0 Å². The van der Waals surface area contributed by atoms with Gasteiger partial charge in [-0.25, -0.2) is 4.79 Å². The SMILES string of the molecule is C/C(=C\NC(=O)Nc1ccc(C(F)(F)F)cc1)C(C)C. The Morgan fingerprint density at radius 3 is 2.20 bits per heavy atom. The van der Waals surface area contributed by atoms with E-state index in [1.54, 1.807) is 6.20 Å². The Bertz CT molecular complexity index is 490. The van der Waals surface area contributed by atoms with Gasteiger partial charge in [0.25, 0.3) is 0 Å². The first-order valence-electron chi connectivity index (χ1n) is 6.11. The second kappa shape index (κ2) is 6.45. The molecule has 0 aliphatic rings. The zero-order valence-corrected chi connectivity index (χ0v) is 11.5. The number of alkyl halides is 3. The van der Waals surface area contributed by atoms with Crippen LogP contribution < -0.4 is 10.6 Å². The smallest absolute Gasteiger partial charge is 0.314 e. The van der Waals surface area contributed by atoms with E-state index in [0.29, 0.717) is 11.6 Å². The highest BCUT2D eigenvalue weighted by molar-refractivity contribution is 5.89. The molecule has 0 heterocycles. The molecule has 0 spiro atoms. The number of carbonyl (C=O) groups is 1. The van der Waals surface area contributed by atoms with Crippen LogP contribution >= 0.6 is 0 Å². The monoisotopic (exact) mass is 286 g/mol. The minimum absolute atomic E-state index is 0.297. The van der Waals surface area contributed by atoms with Crippen LogP contribution in [0.1, 0.15) is 26.3 Å². The molecule has 0 bridgehead atoms. The van der Waals surface area contributed by atoms with E-state index in [4.69, 9.17) is 0 Å². The van der Waals surface area contributed by atoms with Crippen LogP contribution in [-0.4, -0.2) is 6.03 Å². The number of halogens is 3. The number of hydrogen-bond acceptors (Lipinski definition) is 1. The molecule has 1 rings (SSSR count). The van der Waals surface area contributed by atoms with E-state index in [2.05, 4.69) is 10.6 Å². The number of anilines is 1. The summed E-state index contributed by atoms with van der Waals surface area (Å²) < 4.78 is 37.1. The van der Waals surface area contributed by atoms with Gasteiger partial charge in [-0.1, -0.05) is 19.4 Å². The zero-order chi connectivity index (χ0) is 15.3. The van der Waals surface area contributed by atoms with Crippen molar-refractivity contribution in [3.63, 3.8) is 0 Å². The first kappa shape index (κ1) is 16.1. The van der Waals surface area contributed by atoms with Crippen LogP contribution in [0.5, 0.6) is 0 Å². The van der Waals surface area contributed by atoms with Gasteiger partial charge in [0.2, 0.25) is 0 Å². The minimum Gasteiger partial charge on any atom is -0.314 e. The molecule has 6 heteroatoms. The van der Waals surface area contributed by atoms with Crippen molar-refractivity contribution in [3.8, 4) is 0 Å². The highest BCUT2D eigenvalue weighted by Gasteiger charge is 2.29. The number of allylic oxidation sites excluding steroid dienone is 1. The Hall–Kier alpha value is -1.98. The lowest BCUT2D eigenvalue weighted by Gasteiger charge is -2.09. The summed E-state index contributed by atoms with van der Waals surface area (Å²) in [4.78, 5) is 11.5. The zero-order valence-electron chi connectivity index (χ0n) is 11.5. The predicted octanol–water partition coefficient (Wildman–Crippen LogP) is 4.39. The van der Waals surface area contributed by atoms with Gasteiger partial charge >= 0.3 is 12.2 Å². The quantitative estimate of drug-likeness (QED) is 0.850. The maximum absolute atomic E-state index is 12.4. The summed E-state index contributed by atoms with van der Waals surface area (Å²) in [5.41, 5.74) is 0.540. The Morgan fingerprint density at radius 2 is 1.75 bits per heavy atom. The van der Waals surface area contributed by atoms with Gasteiger partial charge in [-0.3, -0.25) is 0 Å². The summed E-state index contributed by atoms with van der Waals surface area (Å²) in [6.45, 7) is 5.85. The fourth-order valence-electron chi connectivity index (χ4n) is 1.26. The van der Waals surface area contributed by atoms with Crippen molar-refractivity contribution in [1.29, 1.82) is 0 Å². The predicted molar refractivity (Wildman–Crippen MR) is 72.2 cm³/mol. The number of benzene rings is 1. The third-order valence-electron chi connectivity index (χ3n) is 2.81. The fraction of sp³-hybridized carbons (Fsp3) is 0.357. The average Bonchev–Trinajstić information content (AvgIpc) is 2.35. The molecule has 0 unspecified atom stereocenters. The van der Waals surface area contributed by atoms with E-state index < -0.39 is 17.8 Å². The van der Waals surface area contributed by atoms with Gasteiger partial charge in [-0.05, 0) is 37.1 Å². The van der Waals surface area contributed by atoms with Crippen molar-refractivity contribution in [2.75, 3.05) is 5.32 Å². The van der Waals surface area contributed by atoms with Crippen LogP contribution in [0.4, 0.5) is 23.7 Å². The number of carbonyl (C=O) groups excluding carboxylic acids is 1. The molecule has 0 fully saturated rings. The molecule has 0 aliphatic heterocycles. The van der Waals surface area contributed by atoms with Crippen LogP contribution in [0.15, 0.2) is 36.0 Å². The number of rotatable bonds is 3. The normalized spacial score (nSPS) is 12.4. The van der Waals surface area contributed by atoms with Crippen molar-refractivity contribution >= 4 is 11.7 Å². The number of amides is 2. The molecule has 0 aromatic heterocycles. The van der Waals surface area contributed by atoms with Crippen LogP contribution in [0.3, 0.4) is 0 Å². The lowest BCUT2D eigenvalue weighted by Crippen LogP contribution is -2.24. The van der Waals surface area contributed by atoms with Gasteiger partial charge in [0.05, 0.1) is 5.56 Å². The van der Waals surface area contributed by atoms with Gasteiger partial charge in [0, 0.05) is 11.9 Å². The van der Waals surface area contributed by atoms with Gasteiger partial charge < -0.3 is 10.6 Å². The molecule has 2 N–H and O–H groups in total. The van der Waals surface area contributed by atoms with Crippen LogP contribution in [0, 0.1) is 5.92 Å². The molecule has 20 heavy (non-hydrogen) atoms. The standard InChI is InChI=1S/C14H17F3N2O/c1-9(2)10(3)8-18-13(20)19-12-6-4-11(5-7-12)14(15,16)17/h4-9H,1-3H3,(H2,18,19,20)/b10-8+. The average molecular weight is 286 g/mol. The summed E-state index contributed by atoms with van der Waals surface area (Å²) in [6, 6.07) is 3.77. The van der Waals surface area contributed by atoms with Crippen molar-refractivity contribution in [2.45, 2.75) is 26.9 Å². The molecule has 2 amide bonds. The van der Waals surface area contributed by atoms with E-state index in [1.807, 2.05) is 20.8 Å². The summed E-state index contributed by atoms with van der Waals surface area (Å²) >= 11 is 0. The third-order valence-corrected chi connectivity index (χ3v) is 2.81. The number of nitrogens with one attached hydrogen (secondary N) is 2. The largest absolute Gasteiger partial charge is 0.416 e. The van der Waals surface area contributed by atoms with Gasteiger partial charge in [-0.15, -0.1) is 0 Å². The molecule has 0 atom stereocenters. The summed E-state index contributed by atoms with van der Waals surface area (Å²) in [5, 5.41) is 4.98. The number of hydrogen-bond donors (Lipinski definition) is 2. The maximum Gasteiger partial charge on any atom is 0.416 e. The highest BCUT2D eigenvalue weighted by Crippen LogP contribution is 2.29. The first-order chi connectivity index (χ1) is 9.20. The molecule has 1 aromatic carbocycles. The van der Waals surface area contributed by atoms with E-state index >= 15 is 0 Å². The third kappa shape index (κ3) is 4.95. The van der Waals surface area contributed by atoms with E-state index in [0.717, 1.165) is 17.7 Å². The Morgan fingerprint density at radius 1 is 1.20 bits per heavy atom. The Labute approximate surface area is 115 Å². The summed E-state index contributed by atoms with van der Waals surface area (Å²) in [6.07, 6.45) is -2.80. The second-order valence-electron chi connectivity index (χ2n) is 4.72. The van der Waals surface area contributed by atoms with Crippen LogP contribution in [-0.2, 0) is 6.18 Å². The Kier molecular flexibility index (Phi) is 5.19. The Balaban J connectivity index is 2.61. The molecule has 110 valence electrons. The van der Waals surface area contributed by atoms with Gasteiger partial charge in [-0.2, -0.15) is 13.2 Å². The molecule has 0 radical (unpaired) electrons. The molecule has 0 aliphatic carbocycles. The molecule has 3 nitrogen and oxygen atoms in total.